The van der Waals surface area contributed by atoms with E-state index >= 15 is 0 Å². The first-order valence-corrected chi connectivity index (χ1v) is 7.36. The minimum atomic E-state index is 0.676. The average molecular weight is 236 g/mol. The van der Waals surface area contributed by atoms with E-state index in [4.69, 9.17) is 0 Å². The van der Waals surface area contributed by atoms with E-state index < -0.39 is 0 Å². The van der Waals surface area contributed by atoms with Crippen molar-refractivity contribution >= 4 is 11.8 Å². The van der Waals surface area contributed by atoms with Crippen LogP contribution in [0.5, 0.6) is 0 Å². The predicted octanol–water partition coefficient (Wildman–Crippen LogP) is 5.31. The van der Waals surface area contributed by atoms with Gasteiger partial charge in [0.2, 0.25) is 0 Å². The highest BCUT2D eigenvalue weighted by molar-refractivity contribution is 7.99. The minimum absolute atomic E-state index is 0.676. The summed E-state index contributed by atoms with van der Waals surface area (Å²) in [5, 5.41) is 0.676. The molecule has 0 fully saturated rings. The van der Waals surface area contributed by atoms with E-state index in [1.54, 1.807) is 0 Å². The number of unbranched alkanes of at least 4 members (excludes halogenated alkanes) is 3. The van der Waals surface area contributed by atoms with Crippen molar-refractivity contribution in [3.63, 3.8) is 0 Å². The highest BCUT2D eigenvalue weighted by Crippen LogP contribution is 2.23. The van der Waals surface area contributed by atoms with Crippen LogP contribution in [0.25, 0.3) is 0 Å². The summed E-state index contributed by atoms with van der Waals surface area (Å²) < 4.78 is 0. The van der Waals surface area contributed by atoms with Crippen molar-refractivity contribution in [2.45, 2.75) is 63.0 Å². The molecular weight excluding hydrogens is 212 g/mol. The van der Waals surface area contributed by atoms with Crippen LogP contribution >= 0.6 is 11.8 Å². The molecule has 1 aromatic rings. The Bertz CT molecular complexity index is 274. The molecule has 0 nitrogen and oxygen atoms in total. The molecule has 0 bridgehead atoms. The van der Waals surface area contributed by atoms with Gasteiger partial charge in [0.1, 0.15) is 0 Å². The van der Waals surface area contributed by atoms with Gasteiger partial charge in [0.05, 0.1) is 0 Å². The zero-order valence-electron chi connectivity index (χ0n) is 10.8. The number of aryl methyl sites for hydroxylation is 1. The monoisotopic (exact) mass is 236 g/mol. The van der Waals surface area contributed by atoms with Gasteiger partial charge < -0.3 is 0 Å². The lowest BCUT2D eigenvalue weighted by Crippen LogP contribution is -1.88. The molecule has 0 aliphatic carbocycles. The Morgan fingerprint density at radius 3 is 2.25 bits per heavy atom. The fourth-order valence-electron chi connectivity index (χ4n) is 1.76. The van der Waals surface area contributed by atoms with Crippen molar-refractivity contribution in [2.75, 3.05) is 0 Å². The normalized spacial score (nSPS) is 11.0. The Balaban J connectivity index is 2.33. The maximum absolute atomic E-state index is 2.29. The third kappa shape index (κ3) is 5.60. The Labute approximate surface area is 105 Å². The van der Waals surface area contributed by atoms with Crippen molar-refractivity contribution in [1.29, 1.82) is 0 Å². The molecule has 1 rings (SSSR count). The Hall–Kier alpha value is -0.430. The lowest BCUT2D eigenvalue weighted by Gasteiger charge is -2.06. The van der Waals surface area contributed by atoms with Crippen molar-refractivity contribution in [3.8, 4) is 0 Å². The maximum Gasteiger partial charge on any atom is 0.00747 e. The van der Waals surface area contributed by atoms with Crippen molar-refractivity contribution in [3.05, 3.63) is 29.8 Å². The van der Waals surface area contributed by atoms with Crippen molar-refractivity contribution in [2.24, 2.45) is 0 Å². The third-order valence-electron chi connectivity index (χ3n) is 2.61. The molecule has 0 N–H and O–H groups in total. The fraction of sp³-hybridized carbons (Fsp3) is 0.600. The van der Waals surface area contributed by atoms with Crippen LogP contribution in [0.3, 0.4) is 0 Å². The van der Waals surface area contributed by atoms with Crippen LogP contribution in [0.15, 0.2) is 29.2 Å². The number of rotatable bonds is 7. The predicted molar refractivity (Wildman–Crippen MR) is 75.3 cm³/mol. The highest BCUT2D eigenvalue weighted by Gasteiger charge is 1.98. The molecule has 1 heteroatoms. The lowest BCUT2D eigenvalue weighted by molar-refractivity contribution is 0.667. The summed E-state index contributed by atoms with van der Waals surface area (Å²) in [4.78, 5) is 1.40. The minimum Gasteiger partial charge on any atom is -0.123 e. The molecule has 0 saturated heterocycles. The molecule has 1 aromatic carbocycles. The average Bonchev–Trinajstić information content (AvgIpc) is 2.26. The molecular formula is C15H24S. The molecule has 0 amide bonds. The summed E-state index contributed by atoms with van der Waals surface area (Å²) in [6.45, 7) is 6.74. The van der Waals surface area contributed by atoms with E-state index in [9.17, 15) is 0 Å². The Kier molecular flexibility index (Phi) is 6.63. The fourth-order valence-corrected chi connectivity index (χ4v) is 2.60. The molecule has 16 heavy (non-hydrogen) atoms. The highest BCUT2D eigenvalue weighted by atomic mass is 32.2. The van der Waals surface area contributed by atoms with Crippen LogP contribution in [0.1, 0.15) is 52.0 Å². The summed E-state index contributed by atoms with van der Waals surface area (Å²) in [6, 6.07) is 9.10. The Morgan fingerprint density at radius 1 is 1.00 bits per heavy atom. The van der Waals surface area contributed by atoms with Gasteiger partial charge in [0.15, 0.2) is 0 Å². The first kappa shape index (κ1) is 13.6. The zero-order chi connectivity index (χ0) is 11.8. The summed E-state index contributed by atoms with van der Waals surface area (Å²) in [5.41, 5.74) is 1.49. The van der Waals surface area contributed by atoms with Gasteiger partial charge in [-0.3, -0.25) is 0 Å². The smallest absolute Gasteiger partial charge is 0.00747 e. The zero-order valence-corrected chi connectivity index (χ0v) is 11.6. The van der Waals surface area contributed by atoms with Crippen LogP contribution in [0, 0.1) is 0 Å². The van der Waals surface area contributed by atoms with E-state index in [-0.39, 0.29) is 0 Å². The summed E-state index contributed by atoms with van der Waals surface area (Å²) in [5.74, 6) is 0. The van der Waals surface area contributed by atoms with Gasteiger partial charge >= 0.3 is 0 Å². The third-order valence-corrected chi connectivity index (χ3v) is 3.63. The van der Waals surface area contributed by atoms with Gasteiger partial charge in [0, 0.05) is 10.1 Å². The molecule has 0 aromatic heterocycles. The lowest BCUT2D eigenvalue weighted by atomic mass is 10.1. The summed E-state index contributed by atoms with van der Waals surface area (Å²) in [6.07, 6.45) is 6.65. The van der Waals surface area contributed by atoms with Gasteiger partial charge in [-0.2, -0.15) is 0 Å². The van der Waals surface area contributed by atoms with E-state index in [0.717, 1.165) is 0 Å². The van der Waals surface area contributed by atoms with Crippen LogP contribution in [-0.4, -0.2) is 5.25 Å². The number of hydrogen-bond acceptors (Lipinski definition) is 1. The molecule has 0 heterocycles. The SMILES string of the molecule is CCCCCCc1ccc(SC(C)C)cc1. The number of benzene rings is 1. The quantitative estimate of drug-likeness (QED) is 0.456. The van der Waals surface area contributed by atoms with Crippen LogP contribution in [0.4, 0.5) is 0 Å². The molecule has 0 radical (unpaired) electrons. The van der Waals surface area contributed by atoms with Gasteiger partial charge in [-0.1, -0.05) is 52.2 Å². The van der Waals surface area contributed by atoms with Crippen LogP contribution < -0.4 is 0 Å². The van der Waals surface area contributed by atoms with Crippen molar-refractivity contribution in [1.82, 2.24) is 0 Å². The second-order valence-electron chi connectivity index (χ2n) is 4.62. The topological polar surface area (TPSA) is 0 Å². The first-order valence-electron chi connectivity index (χ1n) is 6.48. The first-order chi connectivity index (χ1) is 7.72. The van der Waals surface area contributed by atoms with E-state index in [2.05, 4.69) is 45.0 Å². The molecule has 90 valence electrons. The largest absolute Gasteiger partial charge is 0.123 e. The van der Waals surface area contributed by atoms with E-state index in [1.165, 1.54) is 42.6 Å². The van der Waals surface area contributed by atoms with E-state index in [0.29, 0.717) is 5.25 Å². The van der Waals surface area contributed by atoms with Crippen LogP contribution in [-0.2, 0) is 6.42 Å². The molecule has 0 aliphatic rings. The standard InChI is InChI=1S/C15H24S/c1-4-5-6-7-8-14-9-11-15(12-10-14)16-13(2)3/h9-13H,4-8H2,1-3H3. The molecule has 0 atom stereocenters. The molecule has 0 aliphatic heterocycles. The molecule has 0 unspecified atom stereocenters. The maximum atomic E-state index is 2.29. The van der Waals surface area contributed by atoms with Crippen LogP contribution in [0.2, 0.25) is 0 Å². The van der Waals surface area contributed by atoms with Gasteiger partial charge in [-0.15, -0.1) is 11.8 Å². The number of hydrogen-bond donors (Lipinski definition) is 0. The van der Waals surface area contributed by atoms with E-state index in [1.807, 2.05) is 11.8 Å². The summed E-state index contributed by atoms with van der Waals surface area (Å²) >= 11 is 1.94. The molecule has 0 spiro atoms. The molecule has 0 saturated carbocycles. The second kappa shape index (κ2) is 7.78. The van der Waals surface area contributed by atoms with Crippen molar-refractivity contribution < 1.29 is 0 Å². The number of thioether (sulfide) groups is 1. The summed E-state index contributed by atoms with van der Waals surface area (Å²) in [7, 11) is 0. The Morgan fingerprint density at radius 2 is 1.69 bits per heavy atom. The second-order valence-corrected chi connectivity index (χ2v) is 6.27. The van der Waals surface area contributed by atoms with Gasteiger partial charge in [-0.25, -0.2) is 0 Å². The van der Waals surface area contributed by atoms with Gasteiger partial charge in [-0.05, 0) is 30.5 Å². The van der Waals surface area contributed by atoms with Gasteiger partial charge in [0.25, 0.3) is 0 Å².